The van der Waals surface area contributed by atoms with Gasteiger partial charge in [0.05, 0.1) is 8.47 Å². The molecule has 0 saturated heterocycles. The Morgan fingerprint density at radius 3 is 1.25 bits per heavy atom. The van der Waals surface area contributed by atoms with Gasteiger partial charge in [0.25, 0.3) is 0 Å². The minimum Gasteiger partial charge on any atom is -0.118 e. The number of rotatable bonds is 0. The van der Waals surface area contributed by atoms with Gasteiger partial charge < -0.3 is 0 Å². The highest BCUT2D eigenvalue weighted by Crippen LogP contribution is 2.47. The fraction of sp³-hybridized carbons (Fsp3) is 0.750. The van der Waals surface area contributed by atoms with Gasteiger partial charge in [0.1, 0.15) is 0 Å². The van der Waals surface area contributed by atoms with Gasteiger partial charge in [-0.05, 0) is 35.9 Å². The Morgan fingerprint density at radius 1 is 0.583 bits per heavy atom. The van der Waals surface area contributed by atoms with E-state index in [0.29, 0.717) is 0 Å². The van der Waals surface area contributed by atoms with E-state index < -0.39 is 0 Å². The Balaban J connectivity index is 2.08. The van der Waals surface area contributed by atoms with Crippen molar-refractivity contribution in [3.05, 3.63) is 8.47 Å². The normalized spacial score (nSPS) is 26.0. The molecule has 2 heterocycles. The lowest BCUT2D eigenvalue weighted by atomic mass is 10.6. The smallest absolute Gasteiger partial charge is 0.0602 e. The van der Waals surface area contributed by atoms with Crippen molar-refractivity contribution in [3.63, 3.8) is 0 Å². The molecule has 0 amide bonds. The van der Waals surface area contributed by atoms with Gasteiger partial charge in [-0.15, -0.1) is 47.0 Å². The van der Waals surface area contributed by atoms with Crippen LogP contribution in [0.4, 0.5) is 0 Å². The molecule has 2 aliphatic rings. The highest BCUT2D eigenvalue weighted by molar-refractivity contribution is 8.28. The van der Waals surface area contributed by atoms with E-state index >= 15 is 0 Å². The van der Waals surface area contributed by atoms with E-state index in [0.717, 1.165) is 0 Å². The van der Waals surface area contributed by atoms with Crippen LogP contribution in [0.2, 0.25) is 0 Å². The third-order valence-corrected chi connectivity index (χ3v) is 7.44. The van der Waals surface area contributed by atoms with Gasteiger partial charge in [-0.2, -0.15) is 0 Å². The second-order valence-electron chi connectivity index (χ2n) is 2.68. The van der Waals surface area contributed by atoms with E-state index in [2.05, 4.69) is 47.0 Å². The van der Waals surface area contributed by atoms with Crippen molar-refractivity contribution in [1.29, 1.82) is 0 Å². The highest BCUT2D eigenvalue weighted by Gasteiger charge is 2.15. The van der Waals surface area contributed by atoms with Crippen LogP contribution in [0.5, 0.6) is 0 Å². The molecule has 0 atom stereocenters. The lowest BCUT2D eigenvalue weighted by molar-refractivity contribution is 1.13. The third kappa shape index (κ3) is 2.56. The highest BCUT2D eigenvalue weighted by atomic mass is 32.2. The van der Waals surface area contributed by atoms with Crippen LogP contribution in [0.25, 0.3) is 0 Å². The zero-order valence-electron chi connectivity index (χ0n) is 6.88. The third-order valence-electron chi connectivity index (χ3n) is 1.68. The summed E-state index contributed by atoms with van der Waals surface area (Å²) >= 11 is 8.33. The van der Waals surface area contributed by atoms with Crippen molar-refractivity contribution in [2.75, 3.05) is 23.0 Å². The van der Waals surface area contributed by atoms with E-state index in [-0.39, 0.29) is 0 Å². The minimum atomic E-state index is 1.33. The first-order valence-electron chi connectivity index (χ1n) is 4.22. The van der Waals surface area contributed by atoms with Crippen LogP contribution in [0, 0.1) is 0 Å². The largest absolute Gasteiger partial charge is 0.118 e. The maximum Gasteiger partial charge on any atom is 0.0602 e. The molecule has 0 aromatic heterocycles. The van der Waals surface area contributed by atoms with Crippen molar-refractivity contribution >= 4 is 47.0 Å². The summed E-state index contributed by atoms with van der Waals surface area (Å²) in [5.74, 6) is 5.33. The van der Waals surface area contributed by atoms with Crippen molar-refractivity contribution in [1.82, 2.24) is 0 Å². The Kier molecular flexibility index (Phi) is 4.14. The van der Waals surface area contributed by atoms with E-state index in [1.165, 1.54) is 35.9 Å². The van der Waals surface area contributed by atoms with Gasteiger partial charge in [0.15, 0.2) is 0 Å². The topological polar surface area (TPSA) is 0 Å². The molecule has 0 bridgehead atoms. The van der Waals surface area contributed by atoms with Crippen LogP contribution in [-0.4, -0.2) is 23.0 Å². The molecule has 2 aliphatic heterocycles. The van der Waals surface area contributed by atoms with Crippen LogP contribution in [0.3, 0.4) is 0 Å². The molecule has 0 unspecified atom stereocenters. The molecule has 0 saturated carbocycles. The first-order chi connectivity index (χ1) is 5.97. The molecule has 0 spiro atoms. The zero-order valence-corrected chi connectivity index (χ0v) is 10.1. The van der Waals surface area contributed by atoms with E-state index in [1.807, 2.05) is 0 Å². The predicted molar refractivity (Wildman–Crippen MR) is 66.1 cm³/mol. The summed E-state index contributed by atoms with van der Waals surface area (Å²) in [7, 11) is 0. The van der Waals surface area contributed by atoms with E-state index in [4.69, 9.17) is 0 Å². The summed E-state index contributed by atoms with van der Waals surface area (Å²) < 4.78 is 3.25. The minimum absolute atomic E-state index is 1.33. The Morgan fingerprint density at radius 2 is 0.917 bits per heavy atom. The first kappa shape index (κ1) is 9.69. The summed E-state index contributed by atoms with van der Waals surface area (Å²) in [6.45, 7) is 0. The number of hydrogen-bond donors (Lipinski definition) is 0. The quantitative estimate of drug-likeness (QED) is 0.626. The van der Waals surface area contributed by atoms with Crippen molar-refractivity contribution in [2.45, 2.75) is 12.8 Å². The summed E-state index contributed by atoms with van der Waals surface area (Å²) in [5.41, 5.74) is 0. The van der Waals surface area contributed by atoms with Gasteiger partial charge in [0.2, 0.25) is 0 Å². The summed E-state index contributed by atoms with van der Waals surface area (Å²) in [5, 5.41) is 0. The maximum atomic E-state index is 2.08. The monoisotopic (exact) mass is 236 g/mol. The Labute approximate surface area is 91.1 Å². The summed E-state index contributed by atoms with van der Waals surface area (Å²) in [4.78, 5) is 0. The van der Waals surface area contributed by atoms with Crippen molar-refractivity contribution in [3.8, 4) is 0 Å². The van der Waals surface area contributed by atoms with Gasteiger partial charge in [-0.3, -0.25) is 0 Å². The van der Waals surface area contributed by atoms with Crippen LogP contribution in [0.15, 0.2) is 8.47 Å². The molecule has 0 aromatic carbocycles. The predicted octanol–water partition coefficient (Wildman–Crippen LogP) is 3.85. The SMILES string of the molecule is C1CSC2=C(SC1)SCCCS2. The Bertz CT molecular complexity index is 151. The van der Waals surface area contributed by atoms with Crippen molar-refractivity contribution < 1.29 is 0 Å². The second kappa shape index (κ2) is 5.13. The molecule has 4 heteroatoms. The lowest BCUT2D eigenvalue weighted by Crippen LogP contribution is -1.81. The lowest BCUT2D eigenvalue weighted by Gasteiger charge is -2.04. The average molecular weight is 236 g/mol. The molecule has 12 heavy (non-hydrogen) atoms. The zero-order chi connectivity index (χ0) is 8.23. The molecule has 0 fully saturated rings. The van der Waals surface area contributed by atoms with Gasteiger partial charge in [0, 0.05) is 0 Å². The molecule has 0 radical (unpaired) electrons. The standard InChI is InChI=1S/C8H12S4/c1-3-9-7-8(10-4-1)12-6-2-5-11-7/h1-6H2. The van der Waals surface area contributed by atoms with Gasteiger partial charge >= 0.3 is 0 Å². The molecule has 0 aliphatic carbocycles. The van der Waals surface area contributed by atoms with Crippen LogP contribution < -0.4 is 0 Å². The number of hydrogen-bond acceptors (Lipinski definition) is 4. The first-order valence-corrected chi connectivity index (χ1v) is 8.16. The van der Waals surface area contributed by atoms with Crippen LogP contribution in [-0.2, 0) is 0 Å². The Hall–Kier alpha value is 1.14. The fourth-order valence-electron chi connectivity index (χ4n) is 1.10. The second-order valence-corrected chi connectivity index (χ2v) is 7.61. The molecule has 68 valence electrons. The average Bonchev–Trinajstić information content (AvgIpc) is 2.38. The molecule has 0 nitrogen and oxygen atoms in total. The van der Waals surface area contributed by atoms with Gasteiger partial charge in [-0.25, -0.2) is 0 Å². The molecule has 0 N–H and O–H groups in total. The molecule has 2 rings (SSSR count). The number of thioether (sulfide) groups is 4. The fourth-order valence-corrected chi connectivity index (χ4v) is 6.91. The maximum absolute atomic E-state index is 2.08. The van der Waals surface area contributed by atoms with Gasteiger partial charge in [-0.1, -0.05) is 0 Å². The van der Waals surface area contributed by atoms with Crippen molar-refractivity contribution in [2.24, 2.45) is 0 Å². The molecular formula is C8H12S4. The summed E-state index contributed by atoms with van der Waals surface area (Å²) in [6, 6.07) is 0. The molecule has 0 aromatic rings. The van der Waals surface area contributed by atoms with E-state index in [9.17, 15) is 0 Å². The summed E-state index contributed by atoms with van der Waals surface area (Å²) in [6.07, 6.45) is 2.76. The van der Waals surface area contributed by atoms with E-state index in [1.54, 1.807) is 8.47 Å². The van der Waals surface area contributed by atoms with Crippen LogP contribution >= 0.6 is 47.0 Å². The van der Waals surface area contributed by atoms with Crippen LogP contribution in [0.1, 0.15) is 12.8 Å². The molecular weight excluding hydrogens is 224 g/mol.